The van der Waals surface area contributed by atoms with E-state index in [2.05, 4.69) is 15.3 Å². The minimum Gasteiger partial charge on any atom is -0.444 e. The summed E-state index contributed by atoms with van der Waals surface area (Å²) in [7, 11) is 0. The van der Waals surface area contributed by atoms with Gasteiger partial charge in [-0.25, -0.2) is 14.8 Å². The molecule has 7 heteroatoms. The van der Waals surface area contributed by atoms with E-state index in [9.17, 15) is 4.79 Å². The highest BCUT2D eigenvalue weighted by Crippen LogP contribution is 2.21. The van der Waals surface area contributed by atoms with Gasteiger partial charge in [0.2, 0.25) is 0 Å². The first-order valence-electron chi connectivity index (χ1n) is 7.06. The summed E-state index contributed by atoms with van der Waals surface area (Å²) in [5.41, 5.74) is -0.474. The molecule has 0 saturated carbocycles. The predicted octanol–water partition coefficient (Wildman–Crippen LogP) is 2.94. The van der Waals surface area contributed by atoms with Gasteiger partial charge in [0.1, 0.15) is 22.9 Å². The SMILES string of the molecule is CC(C)(C)OC(=O)N1CCC[C@H]1CNc1cc(Cl)ncn1. The molecule has 1 N–H and O–H groups in total. The molecule has 1 aromatic heterocycles. The largest absolute Gasteiger partial charge is 0.444 e. The Hall–Kier alpha value is -1.56. The molecular formula is C14H21ClN4O2. The maximum atomic E-state index is 12.2. The van der Waals surface area contributed by atoms with Crippen molar-refractivity contribution in [2.75, 3.05) is 18.4 Å². The van der Waals surface area contributed by atoms with Crippen LogP contribution in [0.2, 0.25) is 5.15 Å². The number of nitrogens with one attached hydrogen (secondary N) is 1. The zero-order valence-electron chi connectivity index (χ0n) is 12.6. The lowest BCUT2D eigenvalue weighted by atomic mass is 10.2. The minimum atomic E-state index is -0.474. The van der Waals surface area contributed by atoms with Crippen LogP contribution in [-0.4, -0.2) is 45.7 Å². The molecule has 1 aromatic rings. The number of aromatic nitrogens is 2. The van der Waals surface area contributed by atoms with Crippen molar-refractivity contribution in [3.63, 3.8) is 0 Å². The maximum absolute atomic E-state index is 12.2. The number of hydrogen-bond donors (Lipinski definition) is 1. The average molecular weight is 313 g/mol. The van der Waals surface area contributed by atoms with Crippen molar-refractivity contribution < 1.29 is 9.53 Å². The van der Waals surface area contributed by atoms with Crippen molar-refractivity contribution in [3.8, 4) is 0 Å². The molecule has 1 aliphatic heterocycles. The van der Waals surface area contributed by atoms with Crippen molar-refractivity contribution in [1.29, 1.82) is 0 Å². The summed E-state index contributed by atoms with van der Waals surface area (Å²) in [5.74, 6) is 0.658. The molecule has 2 rings (SSSR count). The van der Waals surface area contributed by atoms with E-state index in [0.29, 0.717) is 17.5 Å². The van der Waals surface area contributed by atoms with Gasteiger partial charge >= 0.3 is 6.09 Å². The van der Waals surface area contributed by atoms with Gasteiger partial charge in [-0.1, -0.05) is 11.6 Å². The number of hydrogen-bond acceptors (Lipinski definition) is 5. The zero-order chi connectivity index (χ0) is 15.5. The molecule has 2 heterocycles. The third-order valence-electron chi connectivity index (χ3n) is 3.16. The van der Waals surface area contributed by atoms with Gasteiger partial charge in [0, 0.05) is 19.2 Å². The number of amides is 1. The molecule has 0 aliphatic carbocycles. The Kier molecular flexibility index (Phi) is 4.88. The summed E-state index contributed by atoms with van der Waals surface area (Å²) >= 11 is 5.82. The van der Waals surface area contributed by atoms with Crippen LogP contribution in [0.15, 0.2) is 12.4 Å². The number of nitrogens with zero attached hydrogens (tertiary/aromatic N) is 3. The lowest BCUT2D eigenvalue weighted by Crippen LogP contribution is -2.42. The topological polar surface area (TPSA) is 67.3 Å². The molecule has 6 nitrogen and oxygen atoms in total. The van der Waals surface area contributed by atoms with E-state index in [-0.39, 0.29) is 12.1 Å². The molecular weight excluding hydrogens is 292 g/mol. The molecule has 116 valence electrons. The molecule has 1 atom stereocenters. The highest BCUT2D eigenvalue weighted by molar-refractivity contribution is 6.29. The quantitative estimate of drug-likeness (QED) is 0.869. The monoisotopic (exact) mass is 312 g/mol. The molecule has 1 saturated heterocycles. The lowest BCUT2D eigenvalue weighted by Gasteiger charge is -2.28. The second kappa shape index (κ2) is 6.47. The van der Waals surface area contributed by atoms with Gasteiger partial charge in [0.05, 0.1) is 6.04 Å². The van der Waals surface area contributed by atoms with Crippen LogP contribution in [0.4, 0.5) is 10.6 Å². The third kappa shape index (κ3) is 4.74. The van der Waals surface area contributed by atoms with E-state index in [1.807, 2.05) is 20.8 Å². The van der Waals surface area contributed by atoms with Crippen LogP contribution in [0.3, 0.4) is 0 Å². The van der Waals surface area contributed by atoms with Crippen LogP contribution < -0.4 is 5.32 Å². The van der Waals surface area contributed by atoms with E-state index in [1.165, 1.54) is 6.33 Å². The molecule has 0 aromatic carbocycles. The van der Waals surface area contributed by atoms with E-state index in [4.69, 9.17) is 16.3 Å². The van der Waals surface area contributed by atoms with Crippen molar-refractivity contribution in [2.24, 2.45) is 0 Å². The van der Waals surface area contributed by atoms with Crippen LogP contribution in [0.25, 0.3) is 0 Å². The Balaban J connectivity index is 1.91. The molecule has 21 heavy (non-hydrogen) atoms. The smallest absolute Gasteiger partial charge is 0.410 e. The Morgan fingerprint density at radius 1 is 1.52 bits per heavy atom. The molecule has 1 amide bonds. The number of rotatable bonds is 3. The normalized spacial score (nSPS) is 18.7. The standard InChI is InChI=1S/C14H21ClN4O2/c1-14(2,3)21-13(20)19-6-4-5-10(19)8-16-12-7-11(15)17-9-18-12/h7,9-10H,4-6,8H2,1-3H3,(H,16,17,18)/t10-/m0/s1. The fraction of sp³-hybridized carbons (Fsp3) is 0.643. The van der Waals surface area contributed by atoms with Crippen molar-refractivity contribution in [3.05, 3.63) is 17.5 Å². The fourth-order valence-corrected chi connectivity index (χ4v) is 2.41. The van der Waals surface area contributed by atoms with Crippen molar-refractivity contribution in [2.45, 2.75) is 45.3 Å². The van der Waals surface area contributed by atoms with Gasteiger partial charge in [-0.3, -0.25) is 0 Å². The van der Waals surface area contributed by atoms with Crippen LogP contribution in [0.5, 0.6) is 0 Å². The Bertz CT molecular complexity index is 504. The van der Waals surface area contributed by atoms with Gasteiger partial charge in [-0.2, -0.15) is 0 Å². The molecule has 0 radical (unpaired) electrons. The highest BCUT2D eigenvalue weighted by atomic mass is 35.5. The number of halogens is 1. The van der Waals surface area contributed by atoms with Crippen LogP contribution >= 0.6 is 11.6 Å². The number of carbonyl (C=O) groups excluding carboxylic acids is 1. The first-order valence-corrected chi connectivity index (χ1v) is 7.44. The summed E-state index contributed by atoms with van der Waals surface area (Å²) in [5, 5.41) is 3.58. The minimum absolute atomic E-state index is 0.105. The van der Waals surface area contributed by atoms with E-state index < -0.39 is 5.60 Å². The third-order valence-corrected chi connectivity index (χ3v) is 3.36. The molecule has 1 fully saturated rings. The molecule has 1 aliphatic rings. The molecule has 0 spiro atoms. The van der Waals surface area contributed by atoms with Crippen LogP contribution in [0.1, 0.15) is 33.6 Å². The fourth-order valence-electron chi connectivity index (χ4n) is 2.26. The van der Waals surface area contributed by atoms with Crippen molar-refractivity contribution in [1.82, 2.24) is 14.9 Å². The van der Waals surface area contributed by atoms with Gasteiger partial charge in [-0.15, -0.1) is 0 Å². The van der Waals surface area contributed by atoms with Gasteiger partial charge in [-0.05, 0) is 33.6 Å². The molecule has 0 bridgehead atoms. The Labute approximate surface area is 129 Å². The summed E-state index contributed by atoms with van der Waals surface area (Å²) in [6.07, 6.45) is 3.08. The number of ether oxygens (including phenoxy) is 1. The number of carbonyl (C=O) groups is 1. The average Bonchev–Trinajstić information content (AvgIpc) is 2.83. The van der Waals surface area contributed by atoms with Crippen LogP contribution in [0, 0.1) is 0 Å². The predicted molar refractivity (Wildman–Crippen MR) is 81.5 cm³/mol. The van der Waals surface area contributed by atoms with E-state index >= 15 is 0 Å². The summed E-state index contributed by atoms with van der Waals surface area (Å²) in [6.45, 7) is 6.96. The number of likely N-dealkylation sites (tertiary alicyclic amines) is 1. The van der Waals surface area contributed by atoms with E-state index in [1.54, 1.807) is 11.0 Å². The van der Waals surface area contributed by atoms with Gasteiger partial charge < -0.3 is 15.0 Å². The first-order chi connectivity index (χ1) is 9.85. The second-order valence-electron chi connectivity index (χ2n) is 6.08. The van der Waals surface area contributed by atoms with Gasteiger partial charge in [0.25, 0.3) is 0 Å². The summed E-state index contributed by atoms with van der Waals surface area (Å²) in [4.78, 5) is 21.9. The zero-order valence-corrected chi connectivity index (χ0v) is 13.4. The summed E-state index contributed by atoms with van der Waals surface area (Å²) < 4.78 is 5.44. The van der Waals surface area contributed by atoms with Gasteiger partial charge in [0.15, 0.2) is 0 Å². The second-order valence-corrected chi connectivity index (χ2v) is 6.46. The van der Waals surface area contributed by atoms with Crippen molar-refractivity contribution >= 4 is 23.5 Å². The maximum Gasteiger partial charge on any atom is 0.410 e. The first kappa shape index (κ1) is 15.8. The lowest BCUT2D eigenvalue weighted by molar-refractivity contribution is 0.0235. The number of anilines is 1. The Morgan fingerprint density at radius 2 is 2.29 bits per heavy atom. The highest BCUT2D eigenvalue weighted by Gasteiger charge is 2.31. The van der Waals surface area contributed by atoms with Crippen LogP contribution in [-0.2, 0) is 4.74 Å². The molecule has 0 unspecified atom stereocenters. The van der Waals surface area contributed by atoms with E-state index in [0.717, 1.165) is 19.4 Å². The Morgan fingerprint density at radius 3 is 2.95 bits per heavy atom. The summed E-state index contributed by atoms with van der Waals surface area (Å²) in [6, 6.07) is 1.77.